The van der Waals surface area contributed by atoms with Crippen molar-refractivity contribution in [1.82, 2.24) is 0 Å². The third-order valence-electron chi connectivity index (χ3n) is 3.42. The predicted molar refractivity (Wildman–Crippen MR) is 78.1 cm³/mol. The molecule has 88 valence electrons. The minimum atomic E-state index is 1.04. The highest BCUT2D eigenvalue weighted by Crippen LogP contribution is 2.34. The van der Waals surface area contributed by atoms with E-state index < -0.39 is 0 Å². The van der Waals surface area contributed by atoms with E-state index in [9.17, 15) is 0 Å². The van der Waals surface area contributed by atoms with Gasteiger partial charge in [0.2, 0.25) is 0 Å². The summed E-state index contributed by atoms with van der Waals surface area (Å²) in [5, 5.41) is 0. The van der Waals surface area contributed by atoms with Crippen molar-refractivity contribution in [3.63, 3.8) is 0 Å². The van der Waals surface area contributed by atoms with Crippen molar-refractivity contribution < 1.29 is 0 Å². The van der Waals surface area contributed by atoms with Gasteiger partial charge in [-0.1, -0.05) is 72.8 Å². The van der Waals surface area contributed by atoms with Crippen molar-refractivity contribution in [2.45, 2.75) is 12.8 Å². The van der Waals surface area contributed by atoms with Crippen LogP contribution < -0.4 is 0 Å². The van der Waals surface area contributed by atoms with E-state index in [2.05, 4.69) is 72.8 Å². The van der Waals surface area contributed by atoms with Crippen LogP contribution in [0, 0.1) is 0 Å². The Hall–Kier alpha value is -2.08. The Morgan fingerprint density at radius 3 is 1.28 bits per heavy atom. The van der Waals surface area contributed by atoms with Crippen LogP contribution in [0.25, 0.3) is 11.1 Å². The summed E-state index contributed by atoms with van der Waals surface area (Å²) >= 11 is 0. The normalized spacial score (nSPS) is 14.9. The van der Waals surface area contributed by atoms with Crippen LogP contribution in [0.15, 0.2) is 72.8 Å². The Bertz CT molecular complexity index is 520. The van der Waals surface area contributed by atoms with Crippen molar-refractivity contribution in [3.8, 4) is 0 Å². The molecule has 0 heteroatoms. The molecular formula is C18H16. The molecule has 3 rings (SSSR count). The van der Waals surface area contributed by atoms with E-state index in [4.69, 9.17) is 0 Å². The highest BCUT2D eigenvalue weighted by molar-refractivity contribution is 5.92. The van der Waals surface area contributed by atoms with Crippen molar-refractivity contribution in [2.75, 3.05) is 0 Å². The van der Waals surface area contributed by atoms with Crippen LogP contribution in [0.2, 0.25) is 0 Å². The smallest absolute Gasteiger partial charge is 0.00883 e. The standard InChI is InChI=1S/C18H16/c1-3-9-15(10-4-1)17-13-7-8-14-18(17)16-11-5-2-6-12-16/h1-12H,13-14H2. The van der Waals surface area contributed by atoms with Crippen molar-refractivity contribution in [3.05, 3.63) is 83.9 Å². The molecule has 0 radical (unpaired) electrons. The molecule has 0 spiro atoms. The molecule has 0 saturated carbocycles. The Kier molecular flexibility index (Phi) is 3.10. The maximum atomic E-state index is 2.27. The second kappa shape index (κ2) is 5.05. The molecule has 0 atom stereocenters. The fourth-order valence-corrected chi connectivity index (χ4v) is 2.51. The number of rotatable bonds is 2. The maximum absolute atomic E-state index is 2.27. The molecule has 0 heterocycles. The molecule has 0 saturated heterocycles. The van der Waals surface area contributed by atoms with E-state index >= 15 is 0 Å². The third kappa shape index (κ3) is 2.14. The molecular weight excluding hydrogens is 216 g/mol. The summed E-state index contributed by atoms with van der Waals surface area (Å²) in [4.78, 5) is 0. The molecule has 2 aromatic rings. The van der Waals surface area contributed by atoms with E-state index in [-0.39, 0.29) is 0 Å². The molecule has 1 aliphatic carbocycles. The lowest BCUT2D eigenvalue weighted by Crippen LogP contribution is -1.95. The first kappa shape index (κ1) is 11.0. The Labute approximate surface area is 108 Å². The average Bonchev–Trinajstić information content (AvgIpc) is 2.49. The van der Waals surface area contributed by atoms with Gasteiger partial charge in [-0.25, -0.2) is 0 Å². The van der Waals surface area contributed by atoms with Crippen LogP contribution in [0.4, 0.5) is 0 Å². The van der Waals surface area contributed by atoms with Crippen LogP contribution in [0.1, 0.15) is 24.0 Å². The Morgan fingerprint density at radius 2 is 0.889 bits per heavy atom. The van der Waals surface area contributed by atoms with E-state index in [1.807, 2.05) is 0 Å². The molecule has 0 amide bonds. The molecule has 0 bridgehead atoms. The van der Waals surface area contributed by atoms with Gasteiger partial charge in [-0.05, 0) is 35.1 Å². The van der Waals surface area contributed by atoms with Gasteiger partial charge in [0, 0.05) is 0 Å². The molecule has 2 aromatic carbocycles. The zero-order chi connectivity index (χ0) is 12.2. The summed E-state index contributed by atoms with van der Waals surface area (Å²) in [6.07, 6.45) is 6.62. The van der Waals surface area contributed by atoms with Gasteiger partial charge in [-0.2, -0.15) is 0 Å². The molecule has 18 heavy (non-hydrogen) atoms. The maximum Gasteiger partial charge on any atom is -0.00883 e. The summed E-state index contributed by atoms with van der Waals surface area (Å²) in [7, 11) is 0. The first-order chi connectivity index (χ1) is 8.95. The largest absolute Gasteiger partial charge is 0.0838 e. The van der Waals surface area contributed by atoms with Gasteiger partial charge >= 0.3 is 0 Å². The van der Waals surface area contributed by atoms with Crippen LogP contribution in [0.3, 0.4) is 0 Å². The lowest BCUT2D eigenvalue weighted by atomic mass is 9.87. The first-order valence-corrected chi connectivity index (χ1v) is 6.43. The van der Waals surface area contributed by atoms with E-state index in [0.29, 0.717) is 0 Å². The number of hydrogen-bond donors (Lipinski definition) is 0. The van der Waals surface area contributed by atoms with Crippen molar-refractivity contribution in [1.29, 1.82) is 0 Å². The Balaban J connectivity index is 2.10. The van der Waals surface area contributed by atoms with Gasteiger partial charge in [0.15, 0.2) is 0 Å². The van der Waals surface area contributed by atoms with Gasteiger partial charge in [0.1, 0.15) is 0 Å². The van der Waals surface area contributed by atoms with Gasteiger partial charge in [-0.3, -0.25) is 0 Å². The summed E-state index contributed by atoms with van der Waals surface area (Å²) in [5.74, 6) is 0. The van der Waals surface area contributed by atoms with Gasteiger partial charge in [0.25, 0.3) is 0 Å². The predicted octanol–water partition coefficient (Wildman–Crippen LogP) is 4.95. The minimum Gasteiger partial charge on any atom is -0.0838 e. The van der Waals surface area contributed by atoms with Gasteiger partial charge in [0.05, 0.1) is 0 Å². The number of benzene rings is 2. The fraction of sp³-hybridized carbons (Fsp3) is 0.111. The Morgan fingerprint density at radius 1 is 0.500 bits per heavy atom. The summed E-state index contributed by atoms with van der Waals surface area (Å²) < 4.78 is 0. The van der Waals surface area contributed by atoms with E-state index in [1.54, 1.807) is 0 Å². The zero-order valence-electron chi connectivity index (χ0n) is 10.3. The van der Waals surface area contributed by atoms with Crippen molar-refractivity contribution >= 4 is 11.1 Å². The van der Waals surface area contributed by atoms with Crippen LogP contribution >= 0.6 is 0 Å². The fourth-order valence-electron chi connectivity index (χ4n) is 2.51. The quantitative estimate of drug-likeness (QED) is 0.643. The molecule has 1 aliphatic rings. The second-order valence-corrected chi connectivity index (χ2v) is 4.57. The van der Waals surface area contributed by atoms with Crippen LogP contribution in [0.5, 0.6) is 0 Å². The van der Waals surface area contributed by atoms with Crippen molar-refractivity contribution in [2.24, 2.45) is 0 Å². The highest BCUT2D eigenvalue weighted by atomic mass is 14.2. The summed E-state index contributed by atoms with van der Waals surface area (Å²) in [6.45, 7) is 0. The monoisotopic (exact) mass is 232 g/mol. The molecule has 0 unspecified atom stereocenters. The lowest BCUT2D eigenvalue weighted by molar-refractivity contribution is 1.25. The number of hydrogen-bond acceptors (Lipinski definition) is 0. The first-order valence-electron chi connectivity index (χ1n) is 6.43. The molecule has 0 N–H and O–H groups in total. The van der Waals surface area contributed by atoms with Gasteiger partial charge < -0.3 is 0 Å². The van der Waals surface area contributed by atoms with E-state index in [0.717, 1.165) is 12.8 Å². The highest BCUT2D eigenvalue weighted by Gasteiger charge is 2.12. The SMILES string of the molecule is C1=CCC(c2ccccc2)=C(c2ccccc2)C1. The summed E-state index contributed by atoms with van der Waals surface area (Å²) in [6, 6.07) is 21.4. The van der Waals surface area contributed by atoms with Crippen LogP contribution in [-0.4, -0.2) is 0 Å². The minimum absolute atomic E-state index is 1.04. The average molecular weight is 232 g/mol. The molecule has 0 aromatic heterocycles. The molecule has 0 aliphatic heterocycles. The third-order valence-corrected chi connectivity index (χ3v) is 3.42. The molecule has 0 nitrogen and oxygen atoms in total. The van der Waals surface area contributed by atoms with Gasteiger partial charge in [-0.15, -0.1) is 0 Å². The van der Waals surface area contributed by atoms with E-state index in [1.165, 1.54) is 22.3 Å². The topological polar surface area (TPSA) is 0 Å². The zero-order valence-corrected chi connectivity index (χ0v) is 10.3. The number of allylic oxidation sites excluding steroid dienone is 4. The summed E-state index contributed by atoms with van der Waals surface area (Å²) in [5.41, 5.74) is 5.62. The lowest BCUT2D eigenvalue weighted by Gasteiger charge is -2.17. The van der Waals surface area contributed by atoms with Crippen LogP contribution in [-0.2, 0) is 0 Å². The molecule has 0 fully saturated rings. The second-order valence-electron chi connectivity index (χ2n) is 4.57.